The Kier molecular flexibility index (Phi) is 4.61. The van der Waals surface area contributed by atoms with Crippen LogP contribution >= 0.6 is 23.1 Å². The van der Waals surface area contributed by atoms with E-state index in [2.05, 4.69) is 17.2 Å². The van der Waals surface area contributed by atoms with Crippen LogP contribution in [-0.2, 0) is 0 Å². The van der Waals surface area contributed by atoms with E-state index in [0.717, 1.165) is 21.2 Å². The van der Waals surface area contributed by atoms with Gasteiger partial charge in [0.05, 0.1) is 5.69 Å². The maximum atomic E-state index is 12.1. The number of nitrogens with zero attached hydrogens (tertiary/aromatic N) is 1. The number of aromatic nitrogens is 1. The molecule has 3 nitrogen and oxygen atoms in total. The Morgan fingerprint density at radius 3 is 2.84 bits per heavy atom. The lowest BCUT2D eigenvalue weighted by molar-refractivity contribution is 0.102. The van der Waals surface area contributed by atoms with Gasteiger partial charge in [-0.15, -0.1) is 23.1 Å². The van der Waals surface area contributed by atoms with Crippen molar-refractivity contribution in [1.82, 2.24) is 4.98 Å². The second kappa shape index (κ2) is 6.21. The summed E-state index contributed by atoms with van der Waals surface area (Å²) < 4.78 is 0. The molecule has 0 aliphatic heterocycles. The summed E-state index contributed by atoms with van der Waals surface area (Å²) in [4.78, 5) is 18.7. The second-order valence-corrected chi connectivity index (χ2v) is 6.62. The molecule has 0 unspecified atom stereocenters. The molecule has 0 aliphatic rings. The van der Waals surface area contributed by atoms with Gasteiger partial charge in [0, 0.05) is 15.3 Å². The third kappa shape index (κ3) is 3.58. The Hall–Kier alpha value is -1.33. The van der Waals surface area contributed by atoms with Crippen LogP contribution in [0.1, 0.15) is 27.9 Å². The average molecular weight is 292 g/mol. The highest BCUT2D eigenvalue weighted by Crippen LogP contribution is 2.23. The van der Waals surface area contributed by atoms with Crippen molar-refractivity contribution in [3.05, 3.63) is 40.4 Å². The number of carbonyl (C=O) groups is 1. The zero-order valence-electron chi connectivity index (χ0n) is 11.2. The van der Waals surface area contributed by atoms with Crippen molar-refractivity contribution < 1.29 is 4.79 Å². The molecule has 0 bridgehead atoms. The van der Waals surface area contributed by atoms with Gasteiger partial charge in [0.1, 0.15) is 0 Å². The number of anilines is 1. The first-order valence-electron chi connectivity index (χ1n) is 6.08. The smallest absolute Gasteiger partial charge is 0.257 e. The van der Waals surface area contributed by atoms with Crippen LogP contribution in [0.25, 0.3) is 0 Å². The molecule has 19 heavy (non-hydrogen) atoms. The first-order chi connectivity index (χ1) is 9.10. The fourth-order valence-electron chi connectivity index (χ4n) is 1.59. The fourth-order valence-corrected chi connectivity index (χ4v) is 3.12. The first kappa shape index (κ1) is 14.1. The maximum Gasteiger partial charge on any atom is 0.257 e. The Morgan fingerprint density at radius 1 is 1.42 bits per heavy atom. The second-order valence-electron chi connectivity index (χ2n) is 4.08. The van der Waals surface area contributed by atoms with E-state index in [4.69, 9.17) is 0 Å². The molecule has 100 valence electrons. The van der Waals surface area contributed by atoms with Crippen LogP contribution in [0.15, 0.2) is 29.2 Å². The number of thiazole rings is 1. The molecule has 0 saturated heterocycles. The highest BCUT2D eigenvalue weighted by molar-refractivity contribution is 7.99. The number of carbonyl (C=O) groups excluding carboxylic acids is 1. The van der Waals surface area contributed by atoms with Gasteiger partial charge in [-0.1, -0.05) is 13.0 Å². The molecule has 2 rings (SSSR count). The molecule has 1 amide bonds. The van der Waals surface area contributed by atoms with Crippen LogP contribution in [0.4, 0.5) is 5.13 Å². The lowest BCUT2D eigenvalue weighted by atomic mass is 10.2. The van der Waals surface area contributed by atoms with Gasteiger partial charge < -0.3 is 0 Å². The molecule has 0 atom stereocenters. The molecule has 0 aliphatic carbocycles. The van der Waals surface area contributed by atoms with Gasteiger partial charge >= 0.3 is 0 Å². The minimum absolute atomic E-state index is 0.104. The van der Waals surface area contributed by atoms with E-state index < -0.39 is 0 Å². The van der Waals surface area contributed by atoms with Crippen molar-refractivity contribution in [2.75, 3.05) is 11.1 Å². The maximum absolute atomic E-state index is 12.1. The molecular weight excluding hydrogens is 276 g/mol. The summed E-state index contributed by atoms with van der Waals surface area (Å²) in [5.74, 6) is 0.892. The van der Waals surface area contributed by atoms with E-state index in [1.165, 1.54) is 11.3 Å². The van der Waals surface area contributed by atoms with Gasteiger partial charge in [0.2, 0.25) is 0 Å². The van der Waals surface area contributed by atoms with E-state index in [1.807, 2.05) is 38.1 Å². The number of hydrogen-bond acceptors (Lipinski definition) is 4. The molecular formula is C14H16N2OS2. The number of benzene rings is 1. The minimum Gasteiger partial charge on any atom is -0.298 e. The van der Waals surface area contributed by atoms with Gasteiger partial charge in [0.25, 0.3) is 5.91 Å². The molecule has 1 N–H and O–H groups in total. The number of rotatable bonds is 4. The Bertz CT molecular complexity index is 573. The lowest BCUT2D eigenvalue weighted by Crippen LogP contribution is -2.11. The molecule has 2 aromatic rings. The van der Waals surface area contributed by atoms with Crippen LogP contribution in [-0.4, -0.2) is 16.6 Å². The van der Waals surface area contributed by atoms with Crippen molar-refractivity contribution in [2.24, 2.45) is 0 Å². The van der Waals surface area contributed by atoms with E-state index >= 15 is 0 Å². The zero-order chi connectivity index (χ0) is 13.8. The van der Waals surface area contributed by atoms with Crippen LogP contribution in [0.2, 0.25) is 0 Å². The lowest BCUT2D eigenvalue weighted by Gasteiger charge is -2.04. The van der Waals surface area contributed by atoms with Crippen molar-refractivity contribution in [3.8, 4) is 0 Å². The average Bonchev–Trinajstić information content (AvgIpc) is 2.69. The van der Waals surface area contributed by atoms with Crippen LogP contribution in [0.3, 0.4) is 0 Å². The van der Waals surface area contributed by atoms with Gasteiger partial charge in [-0.25, -0.2) is 4.98 Å². The van der Waals surface area contributed by atoms with Crippen molar-refractivity contribution >= 4 is 34.1 Å². The summed E-state index contributed by atoms with van der Waals surface area (Å²) in [6, 6.07) is 7.66. The van der Waals surface area contributed by atoms with Crippen molar-refractivity contribution in [1.29, 1.82) is 0 Å². The number of hydrogen-bond donors (Lipinski definition) is 1. The van der Waals surface area contributed by atoms with Gasteiger partial charge in [-0.05, 0) is 37.8 Å². The number of thioether (sulfide) groups is 1. The van der Waals surface area contributed by atoms with E-state index in [0.29, 0.717) is 10.7 Å². The monoisotopic (exact) mass is 292 g/mol. The summed E-state index contributed by atoms with van der Waals surface area (Å²) >= 11 is 3.23. The van der Waals surface area contributed by atoms with Crippen LogP contribution < -0.4 is 5.32 Å². The van der Waals surface area contributed by atoms with Crippen LogP contribution in [0.5, 0.6) is 0 Å². The summed E-state index contributed by atoms with van der Waals surface area (Å²) in [6.07, 6.45) is 0. The Morgan fingerprint density at radius 2 is 2.21 bits per heavy atom. The zero-order valence-corrected chi connectivity index (χ0v) is 12.8. The molecule has 0 fully saturated rings. The predicted octanol–water partition coefficient (Wildman–Crippen LogP) is 4.12. The van der Waals surface area contributed by atoms with E-state index in [9.17, 15) is 4.79 Å². The molecule has 1 heterocycles. The number of aryl methyl sites for hydroxylation is 2. The van der Waals surface area contributed by atoms with Crippen molar-refractivity contribution in [2.45, 2.75) is 25.7 Å². The summed E-state index contributed by atoms with van der Waals surface area (Å²) in [5.41, 5.74) is 1.64. The standard InChI is InChI=1S/C14H16N2OS2/c1-4-18-12-7-5-6-11(8-12)13(17)16-14-15-9(2)10(3)19-14/h5-8H,4H2,1-3H3,(H,15,16,17). The van der Waals surface area contributed by atoms with Gasteiger partial charge in [-0.2, -0.15) is 0 Å². The number of amides is 1. The number of nitrogens with one attached hydrogen (secondary N) is 1. The fraction of sp³-hybridized carbons (Fsp3) is 0.286. The largest absolute Gasteiger partial charge is 0.298 e. The Balaban J connectivity index is 2.13. The van der Waals surface area contributed by atoms with Gasteiger partial charge in [-0.3, -0.25) is 10.1 Å². The molecule has 1 aromatic carbocycles. The molecule has 1 aromatic heterocycles. The van der Waals surface area contributed by atoms with Crippen molar-refractivity contribution in [3.63, 3.8) is 0 Å². The topological polar surface area (TPSA) is 42.0 Å². The van der Waals surface area contributed by atoms with E-state index in [-0.39, 0.29) is 5.91 Å². The molecule has 0 saturated carbocycles. The normalized spacial score (nSPS) is 10.5. The van der Waals surface area contributed by atoms with E-state index in [1.54, 1.807) is 11.8 Å². The SMILES string of the molecule is CCSc1cccc(C(=O)Nc2nc(C)c(C)s2)c1. The summed E-state index contributed by atoms with van der Waals surface area (Å²) in [6.45, 7) is 6.04. The Labute approximate surface area is 121 Å². The van der Waals surface area contributed by atoms with Crippen LogP contribution in [0, 0.1) is 13.8 Å². The predicted molar refractivity (Wildman–Crippen MR) is 82.4 cm³/mol. The summed E-state index contributed by atoms with van der Waals surface area (Å²) in [7, 11) is 0. The molecule has 5 heteroatoms. The first-order valence-corrected chi connectivity index (χ1v) is 7.88. The minimum atomic E-state index is -0.104. The molecule has 0 radical (unpaired) electrons. The third-order valence-electron chi connectivity index (χ3n) is 2.66. The third-order valence-corrected chi connectivity index (χ3v) is 4.52. The van der Waals surface area contributed by atoms with Gasteiger partial charge in [0.15, 0.2) is 5.13 Å². The molecule has 0 spiro atoms. The quantitative estimate of drug-likeness (QED) is 0.862. The highest BCUT2D eigenvalue weighted by atomic mass is 32.2. The summed E-state index contributed by atoms with van der Waals surface area (Å²) in [5, 5.41) is 3.51. The highest BCUT2D eigenvalue weighted by Gasteiger charge is 2.10.